The van der Waals surface area contributed by atoms with E-state index in [9.17, 15) is 13.2 Å². The lowest BCUT2D eigenvalue weighted by molar-refractivity contribution is -0.116. The smallest absolute Gasteiger partial charge is 0.243 e. The number of likely N-dealkylation sites (N-methyl/N-ethyl adjacent to an activating group) is 1. The minimum Gasteiger partial charge on any atom is -0.325 e. The lowest BCUT2D eigenvalue weighted by atomic mass is 10.1. The Hall–Kier alpha value is -2.18. The van der Waals surface area contributed by atoms with E-state index in [1.54, 1.807) is 19.1 Å². The molecule has 2 aromatic rings. The van der Waals surface area contributed by atoms with Crippen molar-refractivity contribution >= 4 is 21.6 Å². The highest BCUT2D eigenvalue weighted by atomic mass is 32.2. The molecule has 0 heterocycles. The molecule has 2 aromatic carbocycles. The topological polar surface area (TPSA) is 66.5 Å². The molecule has 0 saturated carbocycles. The minimum absolute atomic E-state index is 0.233. The Morgan fingerprint density at radius 2 is 1.80 bits per heavy atom. The fraction of sp³-hybridized carbons (Fsp3) is 0.316. The van der Waals surface area contributed by atoms with Gasteiger partial charge in [0.15, 0.2) is 0 Å². The van der Waals surface area contributed by atoms with E-state index >= 15 is 0 Å². The molecule has 25 heavy (non-hydrogen) atoms. The van der Waals surface area contributed by atoms with Crippen LogP contribution in [0.2, 0.25) is 0 Å². The minimum atomic E-state index is -3.72. The normalized spacial score (nSPS) is 11.6. The second-order valence-corrected chi connectivity index (χ2v) is 8.10. The van der Waals surface area contributed by atoms with Crippen molar-refractivity contribution in [3.8, 4) is 0 Å². The highest BCUT2D eigenvalue weighted by Crippen LogP contribution is 2.21. The average Bonchev–Trinajstić information content (AvgIpc) is 2.57. The van der Waals surface area contributed by atoms with Gasteiger partial charge in [0.1, 0.15) is 0 Å². The van der Waals surface area contributed by atoms with E-state index < -0.39 is 10.0 Å². The molecule has 0 aliphatic rings. The van der Waals surface area contributed by atoms with Crippen molar-refractivity contribution in [1.29, 1.82) is 0 Å². The first-order valence-corrected chi connectivity index (χ1v) is 9.61. The van der Waals surface area contributed by atoms with Crippen molar-refractivity contribution in [2.24, 2.45) is 0 Å². The molecule has 6 heteroatoms. The monoisotopic (exact) mass is 360 g/mol. The predicted molar refractivity (Wildman–Crippen MR) is 100 cm³/mol. The van der Waals surface area contributed by atoms with E-state index in [0.29, 0.717) is 11.3 Å². The van der Waals surface area contributed by atoms with Gasteiger partial charge in [0.25, 0.3) is 0 Å². The molecule has 134 valence electrons. The number of benzene rings is 2. The third kappa shape index (κ3) is 4.46. The number of anilines is 1. The SMILES string of the molecule is CCc1ccccc1NC(=O)CN(C)S(=O)(=O)c1cc(C)ccc1C. The molecule has 2 rings (SSSR count). The summed E-state index contributed by atoms with van der Waals surface area (Å²) >= 11 is 0. The molecule has 0 radical (unpaired) electrons. The Kier molecular flexibility index (Phi) is 5.98. The van der Waals surface area contributed by atoms with E-state index in [-0.39, 0.29) is 17.3 Å². The molecule has 0 atom stereocenters. The number of rotatable bonds is 6. The second-order valence-electron chi connectivity index (χ2n) is 6.09. The maximum Gasteiger partial charge on any atom is 0.243 e. The third-order valence-corrected chi connectivity index (χ3v) is 6.02. The zero-order chi connectivity index (χ0) is 18.6. The van der Waals surface area contributed by atoms with Gasteiger partial charge in [-0.15, -0.1) is 0 Å². The number of hydrogen-bond acceptors (Lipinski definition) is 3. The van der Waals surface area contributed by atoms with Gasteiger partial charge in [0.2, 0.25) is 15.9 Å². The van der Waals surface area contributed by atoms with Gasteiger partial charge in [-0.1, -0.05) is 37.3 Å². The Labute approximate surface area is 149 Å². The van der Waals surface area contributed by atoms with Crippen LogP contribution < -0.4 is 5.32 Å². The summed E-state index contributed by atoms with van der Waals surface area (Å²) in [7, 11) is -2.30. The van der Waals surface area contributed by atoms with Crippen LogP contribution in [0.25, 0.3) is 0 Å². The Morgan fingerprint density at radius 3 is 2.48 bits per heavy atom. The first-order chi connectivity index (χ1) is 11.8. The molecule has 0 saturated heterocycles. The van der Waals surface area contributed by atoms with Crippen molar-refractivity contribution in [1.82, 2.24) is 4.31 Å². The number of amides is 1. The lowest BCUT2D eigenvalue weighted by Gasteiger charge is -2.19. The molecular weight excluding hydrogens is 336 g/mol. The van der Waals surface area contributed by atoms with Crippen LogP contribution in [0.3, 0.4) is 0 Å². The molecule has 0 spiro atoms. The fourth-order valence-electron chi connectivity index (χ4n) is 2.58. The third-order valence-electron chi connectivity index (χ3n) is 4.07. The average molecular weight is 360 g/mol. The Balaban J connectivity index is 2.16. The molecule has 1 amide bonds. The van der Waals surface area contributed by atoms with Gasteiger partial charge in [0.05, 0.1) is 11.4 Å². The number of para-hydroxylation sites is 1. The zero-order valence-corrected chi connectivity index (χ0v) is 15.9. The molecular formula is C19H24N2O3S. The highest BCUT2D eigenvalue weighted by Gasteiger charge is 2.25. The van der Waals surface area contributed by atoms with Crippen LogP contribution in [0, 0.1) is 13.8 Å². The number of aryl methyl sites for hydroxylation is 3. The van der Waals surface area contributed by atoms with Crippen LogP contribution in [-0.2, 0) is 21.2 Å². The summed E-state index contributed by atoms with van der Waals surface area (Å²) in [6.07, 6.45) is 0.785. The van der Waals surface area contributed by atoms with Gasteiger partial charge < -0.3 is 5.32 Å². The van der Waals surface area contributed by atoms with E-state index in [2.05, 4.69) is 5.32 Å². The predicted octanol–water partition coefficient (Wildman–Crippen LogP) is 3.13. The number of hydrogen-bond donors (Lipinski definition) is 1. The van der Waals surface area contributed by atoms with Crippen molar-refractivity contribution in [3.63, 3.8) is 0 Å². The quantitative estimate of drug-likeness (QED) is 0.861. The first kappa shape index (κ1) is 19.1. The van der Waals surface area contributed by atoms with Gasteiger partial charge >= 0.3 is 0 Å². The standard InChI is InChI=1S/C19H24N2O3S/c1-5-16-8-6-7-9-17(16)20-19(22)13-21(4)25(23,24)18-12-14(2)10-11-15(18)3/h6-12H,5,13H2,1-4H3,(H,20,22). The van der Waals surface area contributed by atoms with Crippen LogP contribution >= 0.6 is 0 Å². The molecule has 0 unspecified atom stereocenters. The number of sulfonamides is 1. The van der Waals surface area contributed by atoms with Crippen LogP contribution in [0.15, 0.2) is 47.4 Å². The molecule has 0 aliphatic carbocycles. The van der Waals surface area contributed by atoms with Gasteiger partial charge in [-0.25, -0.2) is 8.42 Å². The number of nitrogens with zero attached hydrogens (tertiary/aromatic N) is 1. The van der Waals surface area contributed by atoms with Crippen LogP contribution in [0.5, 0.6) is 0 Å². The van der Waals surface area contributed by atoms with Gasteiger partial charge in [-0.3, -0.25) is 4.79 Å². The molecule has 0 bridgehead atoms. The fourth-order valence-corrected chi connectivity index (χ4v) is 4.01. The van der Waals surface area contributed by atoms with Crippen molar-refractivity contribution in [3.05, 3.63) is 59.2 Å². The summed E-state index contributed by atoms with van der Waals surface area (Å²) in [6, 6.07) is 12.8. The van der Waals surface area contributed by atoms with E-state index in [4.69, 9.17) is 0 Å². The van der Waals surface area contributed by atoms with Gasteiger partial charge in [-0.05, 0) is 49.1 Å². The number of nitrogens with one attached hydrogen (secondary N) is 1. The van der Waals surface area contributed by atoms with Crippen molar-refractivity contribution < 1.29 is 13.2 Å². The maximum atomic E-state index is 12.8. The summed E-state index contributed by atoms with van der Waals surface area (Å²) in [5.41, 5.74) is 3.25. The van der Waals surface area contributed by atoms with E-state index in [0.717, 1.165) is 21.9 Å². The van der Waals surface area contributed by atoms with Gasteiger partial charge in [-0.2, -0.15) is 4.31 Å². The summed E-state index contributed by atoms with van der Waals surface area (Å²) in [5, 5.41) is 2.80. The largest absolute Gasteiger partial charge is 0.325 e. The second kappa shape index (κ2) is 7.80. The molecule has 1 N–H and O–H groups in total. The van der Waals surface area contributed by atoms with E-state index in [1.165, 1.54) is 7.05 Å². The maximum absolute atomic E-state index is 12.8. The number of carbonyl (C=O) groups is 1. The molecule has 0 fully saturated rings. The molecule has 0 aromatic heterocycles. The van der Waals surface area contributed by atoms with Crippen molar-refractivity contribution in [2.75, 3.05) is 18.9 Å². The van der Waals surface area contributed by atoms with Crippen LogP contribution in [0.4, 0.5) is 5.69 Å². The summed E-state index contributed by atoms with van der Waals surface area (Å²) in [4.78, 5) is 12.5. The summed E-state index contributed by atoms with van der Waals surface area (Å²) < 4.78 is 26.6. The first-order valence-electron chi connectivity index (χ1n) is 8.17. The lowest BCUT2D eigenvalue weighted by Crippen LogP contribution is -2.35. The van der Waals surface area contributed by atoms with Gasteiger partial charge in [0, 0.05) is 12.7 Å². The Bertz CT molecular complexity index is 876. The molecule has 5 nitrogen and oxygen atoms in total. The van der Waals surface area contributed by atoms with Crippen LogP contribution in [-0.4, -0.2) is 32.2 Å². The molecule has 0 aliphatic heterocycles. The van der Waals surface area contributed by atoms with Crippen LogP contribution in [0.1, 0.15) is 23.6 Å². The summed E-state index contributed by atoms with van der Waals surface area (Å²) in [5.74, 6) is -0.364. The van der Waals surface area contributed by atoms with Crippen molar-refractivity contribution in [2.45, 2.75) is 32.1 Å². The summed E-state index contributed by atoms with van der Waals surface area (Å²) in [6.45, 7) is 5.35. The zero-order valence-electron chi connectivity index (χ0n) is 15.0. The number of carbonyl (C=O) groups excluding carboxylic acids is 1. The van der Waals surface area contributed by atoms with E-state index in [1.807, 2.05) is 44.2 Å². The highest BCUT2D eigenvalue weighted by molar-refractivity contribution is 7.89. The Morgan fingerprint density at radius 1 is 1.12 bits per heavy atom.